The number of rotatable bonds is 1. The normalized spacial score (nSPS) is 11.0. The lowest BCUT2D eigenvalue weighted by Gasteiger charge is -2.05. The van der Waals surface area contributed by atoms with Crippen molar-refractivity contribution in [3.8, 4) is 11.3 Å². The van der Waals surface area contributed by atoms with E-state index in [9.17, 15) is 4.79 Å². The van der Waals surface area contributed by atoms with E-state index in [0.717, 1.165) is 0 Å². The Kier molecular flexibility index (Phi) is 2.61. The van der Waals surface area contributed by atoms with Gasteiger partial charge in [-0.3, -0.25) is 4.79 Å². The molecule has 0 unspecified atom stereocenters. The molecule has 0 radical (unpaired) electrons. The molecule has 2 heterocycles. The van der Waals surface area contributed by atoms with Crippen LogP contribution in [0, 0.1) is 0 Å². The van der Waals surface area contributed by atoms with Gasteiger partial charge in [0.25, 0.3) is 5.56 Å². The highest BCUT2D eigenvalue weighted by atomic mass is 35.5. The first-order valence-corrected chi connectivity index (χ1v) is 5.92. The number of hydrogen-bond acceptors (Lipinski definition) is 2. The Bertz CT molecular complexity index is 791. The zero-order valence-corrected chi connectivity index (χ0v) is 10.5. The van der Waals surface area contributed by atoms with Crippen molar-refractivity contribution in [3.63, 3.8) is 0 Å². The van der Waals surface area contributed by atoms with E-state index in [1.807, 2.05) is 0 Å². The van der Waals surface area contributed by atoms with Gasteiger partial charge in [-0.1, -0.05) is 23.2 Å². The number of hydrogen-bond donors (Lipinski definition) is 1. The van der Waals surface area contributed by atoms with Crippen LogP contribution in [-0.2, 0) is 0 Å². The van der Waals surface area contributed by atoms with E-state index in [1.165, 1.54) is 0 Å². The van der Waals surface area contributed by atoms with Crippen molar-refractivity contribution < 1.29 is 0 Å². The molecule has 1 aromatic carbocycles. The van der Waals surface area contributed by atoms with E-state index in [2.05, 4.69) is 9.97 Å². The number of nitrogens with one attached hydrogen (secondary N) is 1. The Labute approximate surface area is 112 Å². The maximum Gasteiger partial charge on any atom is 0.292 e. The SMILES string of the molecule is O=c1[nH]c(-c2ccc(Cl)cc2Cl)cn2ccnc12. The molecular weight excluding hydrogens is 273 g/mol. The van der Waals surface area contributed by atoms with Crippen molar-refractivity contribution in [1.82, 2.24) is 14.4 Å². The van der Waals surface area contributed by atoms with Crippen LogP contribution in [-0.4, -0.2) is 14.4 Å². The monoisotopic (exact) mass is 279 g/mol. The smallest absolute Gasteiger partial charge is 0.292 e. The van der Waals surface area contributed by atoms with Crippen molar-refractivity contribution in [3.05, 3.63) is 57.2 Å². The number of nitrogens with zero attached hydrogens (tertiary/aromatic N) is 2. The molecule has 0 spiro atoms. The maximum absolute atomic E-state index is 11.8. The zero-order chi connectivity index (χ0) is 12.7. The summed E-state index contributed by atoms with van der Waals surface area (Å²) in [7, 11) is 0. The van der Waals surface area contributed by atoms with Crippen molar-refractivity contribution in [2.24, 2.45) is 0 Å². The second kappa shape index (κ2) is 4.15. The van der Waals surface area contributed by atoms with Gasteiger partial charge in [-0.15, -0.1) is 0 Å². The van der Waals surface area contributed by atoms with Gasteiger partial charge in [-0.2, -0.15) is 0 Å². The van der Waals surface area contributed by atoms with Crippen LogP contribution in [0.3, 0.4) is 0 Å². The van der Waals surface area contributed by atoms with E-state index in [-0.39, 0.29) is 5.56 Å². The van der Waals surface area contributed by atoms with Crippen LogP contribution in [0.1, 0.15) is 0 Å². The Hall–Kier alpha value is -1.78. The summed E-state index contributed by atoms with van der Waals surface area (Å²) in [5, 5.41) is 1.03. The maximum atomic E-state index is 11.8. The van der Waals surface area contributed by atoms with E-state index in [4.69, 9.17) is 23.2 Å². The van der Waals surface area contributed by atoms with E-state index < -0.39 is 0 Å². The van der Waals surface area contributed by atoms with Crippen LogP contribution in [0.5, 0.6) is 0 Å². The summed E-state index contributed by atoms with van der Waals surface area (Å²) < 4.78 is 1.65. The highest BCUT2D eigenvalue weighted by Gasteiger charge is 2.08. The largest absolute Gasteiger partial charge is 0.317 e. The van der Waals surface area contributed by atoms with Gasteiger partial charge in [0.15, 0.2) is 0 Å². The second-order valence-electron chi connectivity index (χ2n) is 3.78. The fourth-order valence-electron chi connectivity index (χ4n) is 1.79. The van der Waals surface area contributed by atoms with Crippen molar-refractivity contribution >= 4 is 28.8 Å². The lowest BCUT2D eigenvalue weighted by molar-refractivity contribution is 1.10. The van der Waals surface area contributed by atoms with Gasteiger partial charge in [0.1, 0.15) is 0 Å². The average molecular weight is 280 g/mol. The fourth-order valence-corrected chi connectivity index (χ4v) is 2.30. The van der Waals surface area contributed by atoms with E-state index in [0.29, 0.717) is 26.9 Å². The first-order chi connectivity index (χ1) is 8.65. The quantitative estimate of drug-likeness (QED) is 0.745. The molecule has 0 aliphatic carbocycles. The molecule has 0 bridgehead atoms. The first-order valence-electron chi connectivity index (χ1n) is 5.16. The van der Waals surface area contributed by atoms with Gasteiger partial charge in [0, 0.05) is 29.2 Å². The highest BCUT2D eigenvalue weighted by molar-refractivity contribution is 6.36. The van der Waals surface area contributed by atoms with Gasteiger partial charge < -0.3 is 9.38 Å². The summed E-state index contributed by atoms with van der Waals surface area (Å²) in [6, 6.07) is 5.12. The van der Waals surface area contributed by atoms with Gasteiger partial charge in [-0.25, -0.2) is 4.98 Å². The lowest BCUT2D eigenvalue weighted by atomic mass is 10.1. The number of aromatic amines is 1. The molecule has 0 saturated carbocycles. The Balaban J connectivity index is 2.28. The summed E-state index contributed by atoms with van der Waals surface area (Å²) >= 11 is 12.0. The van der Waals surface area contributed by atoms with Crippen molar-refractivity contribution in [1.29, 1.82) is 0 Å². The van der Waals surface area contributed by atoms with Crippen LogP contribution in [0.2, 0.25) is 10.0 Å². The van der Waals surface area contributed by atoms with Crippen molar-refractivity contribution in [2.45, 2.75) is 0 Å². The van der Waals surface area contributed by atoms with Crippen molar-refractivity contribution in [2.75, 3.05) is 0 Å². The lowest BCUT2D eigenvalue weighted by Crippen LogP contribution is -2.11. The van der Waals surface area contributed by atoms with Crippen LogP contribution in [0.4, 0.5) is 0 Å². The highest BCUT2D eigenvalue weighted by Crippen LogP contribution is 2.28. The molecule has 0 atom stereocenters. The summed E-state index contributed by atoms with van der Waals surface area (Å²) in [4.78, 5) is 18.5. The minimum atomic E-state index is -0.261. The minimum Gasteiger partial charge on any atom is -0.317 e. The van der Waals surface area contributed by atoms with Crippen LogP contribution >= 0.6 is 23.2 Å². The third kappa shape index (κ3) is 1.79. The predicted molar refractivity (Wildman–Crippen MR) is 71.3 cm³/mol. The Morgan fingerprint density at radius 1 is 1.28 bits per heavy atom. The summed E-state index contributed by atoms with van der Waals surface area (Å²) in [5.41, 5.74) is 1.42. The van der Waals surface area contributed by atoms with Crippen LogP contribution < -0.4 is 5.56 Å². The third-order valence-corrected chi connectivity index (χ3v) is 3.16. The average Bonchev–Trinajstić information content (AvgIpc) is 2.77. The van der Waals surface area contributed by atoms with Crippen LogP contribution in [0.25, 0.3) is 16.9 Å². The molecule has 0 aliphatic heterocycles. The van der Waals surface area contributed by atoms with E-state index in [1.54, 1.807) is 41.2 Å². The molecule has 0 aliphatic rings. The molecular formula is C12H7Cl2N3O. The predicted octanol–water partition coefficient (Wildman–Crippen LogP) is 3.00. The molecule has 6 heteroatoms. The van der Waals surface area contributed by atoms with Gasteiger partial charge in [0.2, 0.25) is 5.65 Å². The molecule has 3 rings (SSSR count). The Morgan fingerprint density at radius 3 is 2.89 bits per heavy atom. The van der Waals surface area contributed by atoms with Gasteiger partial charge in [0.05, 0.1) is 10.7 Å². The summed E-state index contributed by atoms with van der Waals surface area (Å²) in [6.07, 6.45) is 5.04. The summed E-state index contributed by atoms with van der Waals surface area (Å²) in [5.74, 6) is 0. The standard InChI is InChI=1S/C12H7Cl2N3O/c13-7-1-2-8(9(14)5-7)10-6-17-4-3-15-11(17)12(18)16-10/h1-6H,(H,16,18). The fraction of sp³-hybridized carbons (Fsp3) is 0. The number of benzene rings is 1. The van der Waals surface area contributed by atoms with Gasteiger partial charge >= 0.3 is 0 Å². The van der Waals surface area contributed by atoms with E-state index >= 15 is 0 Å². The first kappa shape index (κ1) is 11.3. The third-order valence-electron chi connectivity index (χ3n) is 2.61. The topological polar surface area (TPSA) is 50.2 Å². The molecule has 0 amide bonds. The molecule has 90 valence electrons. The number of imidazole rings is 1. The molecule has 0 fully saturated rings. The summed E-state index contributed by atoms with van der Waals surface area (Å²) in [6.45, 7) is 0. The molecule has 4 nitrogen and oxygen atoms in total. The molecule has 3 aromatic rings. The minimum absolute atomic E-state index is 0.261. The number of fused-ring (bicyclic) bond motifs is 1. The Morgan fingerprint density at radius 2 is 2.11 bits per heavy atom. The molecule has 1 N–H and O–H groups in total. The molecule has 2 aromatic heterocycles. The second-order valence-corrected chi connectivity index (χ2v) is 4.62. The van der Waals surface area contributed by atoms with Crippen LogP contribution in [0.15, 0.2) is 41.6 Å². The number of halogens is 2. The molecule has 18 heavy (non-hydrogen) atoms. The number of aromatic nitrogens is 3. The van der Waals surface area contributed by atoms with Gasteiger partial charge in [-0.05, 0) is 18.2 Å². The molecule has 0 saturated heterocycles. The number of H-pyrrole nitrogens is 1. The zero-order valence-electron chi connectivity index (χ0n) is 9.02.